The average Bonchev–Trinajstić information content (AvgIpc) is 3.64. The molecule has 4 fully saturated rings. The molecule has 5 aliphatic heterocycles. The van der Waals surface area contributed by atoms with E-state index in [0.29, 0.717) is 79.3 Å². The largest absolute Gasteiger partial charge is 0.495 e. The van der Waals surface area contributed by atoms with Crippen molar-refractivity contribution in [2.24, 2.45) is 5.73 Å². The fourth-order valence-corrected chi connectivity index (χ4v) is 11.3. The third-order valence-electron chi connectivity index (χ3n) is 15.5. The van der Waals surface area contributed by atoms with Crippen molar-refractivity contribution in [2.45, 2.75) is 159 Å². The summed E-state index contributed by atoms with van der Waals surface area (Å²) in [5, 5.41) is 55.3. The van der Waals surface area contributed by atoms with Crippen LogP contribution in [-0.4, -0.2) is 154 Å². The number of piperazine rings is 1. The third kappa shape index (κ3) is 13.5. The first kappa shape index (κ1) is 53.4. The minimum absolute atomic E-state index is 0.0996. The Kier molecular flexibility index (Phi) is 19.2. The first-order valence-electron chi connectivity index (χ1n) is 26.9. The zero-order valence-electron chi connectivity index (χ0n) is 42.6. The number of ether oxygens (including phenoxy) is 2. The summed E-state index contributed by atoms with van der Waals surface area (Å²) in [6, 6.07) is 11.8. The zero-order valence-corrected chi connectivity index (χ0v) is 42.6. The molecule has 6 heterocycles. The molecule has 1 aromatic heterocycles. The standard InChI is InChI=1S/C53H81N11O8/c1-3-41-49(56-35-22-31-72-32-23-35)60-50(47(58-41)48(54)67)57-37-15-17-42(44(34-37)71-2)62-25-20-38(21-26-62)61-27-29-63(30-28-61)46(66)13-11-9-7-5-4-6-8-10-12-24-55-36-14-16-39-40(33-36)53(70)64(52(39)69)43-18-19-45(65)59-51(43)68/h14-17,33-35,38,43,45,51-53,55,59,65,68-70H,3-13,18-32H2,1-2H3,(H2,54,67)(H2,56,57,60). The van der Waals surface area contributed by atoms with Crippen molar-refractivity contribution in [2.75, 3.05) is 87.0 Å². The van der Waals surface area contributed by atoms with Gasteiger partial charge in [-0.05, 0) is 82.1 Å². The first-order chi connectivity index (χ1) is 35.0. The van der Waals surface area contributed by atoms with Gasteiger partial charge < -0.3 is 61.4 Å². The zero-order chi connectivity index (χ0) is 50.6. The minimum Gasteiger partial charge on any atom is -0.495 e. The smallest absolute Gasteiger partial charge is 0.271 e. The first-order valence-corrected chi connectivity index (χ1v) is 26.9. The summed E-state index contributed by atoms with van der Waals surface area (Å²) < 4.78 is 11.4. The lowest BCUT2D eigenvalue weighted by molar-refractivity contribution is -0.159. The van der Waals surface area contributed by atoms with Crippen LogP contribution in [0, 0.1) is 0 Å². The summed E-state index contributed by atoms with van der Waals surface area (Å²) in [4.78, 5) is 43.7. The topological polar surface area (TPSA) is 246 Å². The number of hydrogen-bond donors (Lipinski definition) is 9. The Morgan fingerprint density at radius 3 is 2.14 bits per heavy atom. The molecule has 19 nitrogen and oxygen atoms in total. The number of piperidine rings is 2. The van der Waals surface area contributed by atoms with Crippen molar-refractivity contribution in [3.8, 4) is 5.75 Å². The second-order valence-corrected chi connectivity index (χ2v) is 20.3. The highest BCUT2D eigenvalue weighted by atomic mass is 16.5. The van der Waals surface area contributed by atoms with Gasteiger partial charge in [-0.25, -0.2) is 14.9 Å². The molecule has 0 radical (unpaired) electrons. The predicted octanol–water partition coefficient (Wildman–Crippen LogP) is 5.29. The maximum absolute atomic E-state index is 13.2. The highest BCUT2D eigenvalue weighted by Gasteiger charge is 2.45. The van der Waals surface area contributed by atoms with Crippen LogP contribution in [0.4, 0.5) is 28.7 Å². The summed E-state index contributed by atoms with van der Waals surface area (Å²) in [6.45, 7) is 9.43. The number of anilines is 5. The molecule has 8 rings (SSSR count). The second-order valence-electron chi connectivity index (χ2n) is 20.3. The molecule has 0 aliphatic carbocycles. The van der Waals surface area contributed by atoms with Gasteiger partial charge in [-0.15, -0.1) is 0 Å². The van der Waals surface area contributed by atoms with Crippen molar-refractivity contribution >= 4 is 40.5 Å². The molecule has 10 N–H and O–H groups in total. The van der Waals surface area contributed by atoms with Gasteiger partial charge in [0.2, 0.25) is 5.91 Å². The lowest BCUT2D eigenvalue weighted by atomic mass is 10.0. The summed E-state index contributed by atoms with van der Waals surface area (Å²) in [7, 11) is 1.68. The molecule has 0 spiro atoms. The molecule has 3 aromatic rings. The Labute approximate surface area is 425 Å². The number of rotatable bonds is 23. The van der Waals surface area contributed by atoms with Crippen LogP contribution in [0.5, 0.6) is 5.75 Å². The van der Waals surface area contributed by atoms with Crippen LogP contribution in [0.1, 0.15) is 149 Å². The number of amides is 2. The molecule has 2 amide bonds. The van der Waals surface area contributed by atoms with E-state index in [1.807, 2.05) is 37.3 Å². The van der Waals surface area contributed by atoms with Gasteiger partial charge in [0.15, 0.2) is 17.3 Å². The highest BCUT2D eigenvalue weighted by molar-refractivity contribution is 5.96. The lowest BCUT2D eigenvalue weighted by Gasteiger charge is -2.43. The summed E-state index contributed by atoms with van der Waals surface area (Å²) in [5.74, 6) is 1.33. The minimum atomic E-state index is -1.05. The number of aryl methyl sites for hydroxylation is 1. The van der Waals surface area contributed by atoms with E-state index in [1.165, 1.54) is 37.0 Å². The summed E-state index contributed by atoms with van der Waals surface area (Å²) in [5.41, 5.74) is 10.5. The Morgan fingerprint density at radius 2 is 1.46 bits per heavy atom. The fourth-order valence-electron chi connectivity index (χ4n) is 11.3. The van der Waals surface area contributed by atoms with E-state index < -0.39 is 36.9 Å². The van der Waals surface area contributed by atoms with Crippen LogP contribution in [0.25, 0.3) is 0 Å². The number of methoxy groups -OCH3 is 1. The lowest BCUT2D eigenvalue weighted by Crippen LogP contribution is -2.57. The molecule has 0 bridgehead atoms. The summed E-state index contributed by atoms with van der Waals surface area (Å²) >= 11 is 0. The van der Waals surface area contributed by atoms with Crippen molar-refractivity contribution in [3.05, 3.63) is 58.9 Å². The van der Waals surface area contributed by atoms with Crippen molar-refractivity contribution < 1.29 is 39.5 Å². The molecule has 72 heavy (non-hydrogen) atoms. The molecule has 5 atom stereocenters. The number of unbranched alkanes of at least 4 members (excludes halogenated alkanes) is 8. The van der Waals surface area contributed by atoms with E-state index in [2.05, 4.69) is 47.0 Å². The number of aromatic nitrogens is 2. The molecule has 5 aliphatic rings. The quantitative estimate of drug-likeness (QED) is 0.0548. The number of carbonyl (C=O) groups is 2. The maximum atomic E-state index is 13.2. The van der Waals surface area contributed by atoms with Gasteiger partial charge in [-0.3, -0.25) is 19.8 Å². The SMILES string of the molecule is CCc1nc(C(N)=O)c(Nc2ccc(N3CCC(N4CCN(C(=O)CCCCCCCCCCCNc5ccc6c(c5)C(O)N(C5CCC(O)NC5O)C6O)CC4)CC3)c(OC)c2)nc1NC1CCOCC1. The molecule has 19 heteroatoms. The third-order valence-corrected chi connectivity index (χ3v) is 15.5. The number of nitrogens with two attached hydrogens (primary N) is 1. The van der Waals surface area contributed by atoms with E-state index in [1.54, 1.807) is 7.11 Å². The van der Waals surface area contributed by atoms with Gasteiger partial charge in [0, 0.05) is 106 Å². The van der Waals surface area contributed by atoms with Gasteiger partial charge in [0.25, 0.3) is 5.91 Å². The molecular weight excluding hydrogens is 919 g/mol. The van der Waals surface area contributed by atoms with Crippen LogP contribution in [0.2, 0.25) is 0 Å². The number of nitrogens with zero attached hydrogens (tertiary/aromatic N) is 6. The number of fused-ring (bicyclic) bond motifs is 1. The number of aliphatic hydroxyl groups is 4. The van der Waals surface area contributed by atoms with Crippen molar-refractivity contribution in [1.29, 1.82) is 0 Å². The van der Waals surface area contributed by atoms with Gasteiger partial charge in [-0.2, -0.15) is 0 Å². The van der Waals surface area contributed by atoms with E-state index in [-0.39, 0.29) is 11.7 Å². The normalized spacial score (nSPS) is 23.5. The van der Waals surface area contributed by atoms with Crippen LogP contribution < -0.4 is 36.6 Å². The fraction of sp³-hybridized carbons (Fsp3) is 0.660. The van der Waals surface area contributed by atoms with Crippen LogP contribution in [0.3, 0.4) is 0 Å². The van der Waals surface area contributed by atoms with Crippen molar-refractivity contribution in [1.82, 2.24) is 30.0 Å². The molecule has 2 aromatic carbocycles. The Morgan fingerprint density at radius 1 is 0.778 bits per heavy atom. The Balaban J connectivity index is 0.672. The number of nitrogens with one attached hydrogen (secondary N) is 4. The highest BCUT2D eigenvalue weighted by Crippen LogP contribution is 2.44. The van der Waals surface area contributed by atoms with Crippen LogP contribution in [0.15, 0.2) is 36.4 Å². The second kappa shape index (κ2) is 25.9. The average molecular weight is 1000 g/mol. The Hall–Kier alpha value is -4.86. The number of benzene rings is 2. The van der Waals surface area contributed by atoms with Gasteiger partial charge in [0.05, 0.1) is 24.5 Å². The Bertz CT molecular complexity index is 2240. The van der Waals surface area contributed by atoms with Gasteiger partial charge in [-0.1, -0.05) is 57.9 Å². The van der Waals surface area contributed by atoms with E-state index in [9.17, 15) is 30.0 Å². The molecule has 0 saturated carbocycles. The summed E-state index contributed by atoms with van der Waals surface area (Å²) in [6.07, 6.45) is 12.3. The number of carbonyl (C=O) groups excluding carboxylic acids is 2. The predicted molar refractivity (Wildman–Crippen MR) is 278 cm³/mol. The number of hydrogen-bond acceptors (Lipinski definition) is 17. The van der Waals surface area contributed by atoms with E-state index in [4.69, 9.17) is 20.2 Å². The van der Waals surface area contributed by atoms with Gasteiger partial charge >= 0.3 is 0 Å². The molecule has 5 unspecified atom stereocenters. The number of primary amides is 1. The monoisotopic (exact) mass is 1000 g/mol. The maximum Gasteiger partial charge on any atom is 0.271 e. The van der Waals surface area contributed by atoms with Crippen LogP contribution >= 0.6 is 0 Å². The van der Waals surface area contributed by atoms with Crippen LogP contribution in [-0.2, 0) is 16.0 Å². The molecular formula is C53H81N11O8. The van der Waals surface area contributed by atoms with E-state index >= 15 is 0 Å². The van der Waals surface area contributed by atoms with Crippen molar-refractivity contribution in [3.63, 3.8) is 0 Å². The molecule has 396 valence electrons. The van der Waals surface area contributed by atoms with E-state index in [0.717, 1.165) is 120 Å². The molecule has 4 saturated heterocycles. The number of aliphatic hydroxyl groups excluding tert-OH is 4. The van der Waals surface area contributed by atoms with Gasteiger partial charge in [0.1, 0.15) is 30.7 Å².